The number of aliphatic hydroxyl groups is 2. The Bertz CT molecular complexity index is 1290. The number of para-hydroxylation sites is 1. The second kappa shape index (κ2) is 8.88. The van der Waals surface area contributed by atoms with E-state index in [2.05, 4.69) is 0 Å². The minimum atomic E-state index is -1.60. The number of esters is 2. The molecule has 8 heteroatoms. The summed E-state index contributed by atoms with van der Waals surface area (Å²) in [7, 11) is 1.26. The Morgan fingerprint density at radius 2 is 1.71 bits per heavy atom. The molecule has 2 N–H and O–H groups in total. The second-order valence-electron chi connectivity index (χ2n) is 8.45. The Morgan fingerprint density at radius 1 is 1.00 bits per heavy atom. The lowest BCUT2D eigenvalue weighted by Crippen LogP contribution is -2.45. The molecule has 0 spiro atoms. The molecule has 5 unspecified atom stereocenters. The maximum atomic E-state index is 13.6. The number of carbonyl (C=O) groups is 3. The normalized spacial score (nSPS) is 25.8. The highest BCUT2D eigenvalue weighted by molar-refractivity contribution is 6.04. The van der Waals surface area contributed by atoms with E-state index in [0.29, 0.717) is 5.56 Å². The number of ether oxygens (including phenoxy) is 3. The maximum Gasteiger partial charge on any atom is 0.338 e. The predicted molar refractivity (Wildman–Crippen MR) is 123 cm³/mol. The summed E-state index contributed by atoms with van der Waals surface area (Å²) in [5.41, 5.74) is 0.779. The topological polar surface area (TPSA) is 119 Å². The van der Waals surface area contributed by atoms with E-state index in [1.54, 1.807) is 60.7 Å². The van der Waals surface area contributed by atoms with Crippen LogP contribution in [-0.2, 0) is 14.3 Å². The number of hydrogen-bond acceptors (Lipinski definition) is 8. The molecule has 1 aliphatic carbocycles. The van der Waals surface area contributed by atoms with E-state index in [-0.39, 0.29) is 28.2 Å². The highest BCUT2D eigenvalue weighted by Crippen LogP contribution is 2.45. The zero-order valence-corrected chi connectivity index (χ0v) is 18.7. The van der Waals surface area contributed by atoms with Gasteiger partial charge in [0, 0.05) is 5.92 Å². The molecule has 0 radical (unpaired) electrons. The number of ketones is 1. The first kappa shape index (κ1) is 22.6. The quantitative estimate of drug-likeness (QED) is 0.649. The summed E-state index contributed by atoms with van der Waals surface area (Å²) in [4.78, 5) is 38.7. The Kier molecular flexibility index (Phi) is 5.74. The zero-order valence-electron chi connectivity index (χ0n) is 18.7. The van der Waals surface area contributed by atoms with Gasteiger partial charge in [-0.25, -0.2) is 9.59 Å². The number of fused-ring (bicyclic) bond motifs is 2. The lowest BCUT2D eigenvalue weighted by molar-refractivity contribution is -0.147. The van der Waals surface area contributed by atoms with Gasteiger partial charge in [0.25, 0.3) is 0 Å². The van der Waals surface area contributed by atoms with Crippen molar-refractivity contribution < 1.29 is 38.8 Å². The van der Waals surface area contributed by atoms with Gasteiger partial charge in [0.2, 0.25) is 6.29 Å². The molecule has 2 aliphatic heterocycles. The molecule has 5 atom stereocenters. The van der Waals surface area contributed by atoms with Crippen molar-refractivity contribution in [2.75, 3.05) is 7.11 Å². The Morgan fingerprint density at radius 3 is 2.46 bits per heavy atom. The van der Waals surface area contributed by atoms with E-state index in [1.807, 2.05) is 0 Å². The largest absolute Gasteiger partial charge is 0.511 e. The van der Waals surface area contributed by atoms with Crippen LogP contribution in [0, 0.1) is 11.8 Å². The van der Waals surface area contributed by atoms with E-state index in [4.69, 9.17) is 14.2 Å². The van der Waals surface area contributed by atoms with Gasteiger partial charge in [0.15, 0.2) is 5.78 Å². The van der Waals surface area contributed by atoms with Gasteiger partial charge in [-0.1, -0.05) is 42.5 Å². The Labute approximate surface area is 200 Å². The summed E-state index contributed by atoms with van der Waals surface area (Å²) in [5.74, 6) is -4.84. The van der Waals surface area contributed by atoms with Crippen LogP contribution in [0.5, 0.6) is 5.75 Å². The minimum absolute atomic E-state index is 0.141. The molecule has 0 saturated carbocycles. The first-order valence-corrected chi connectivity index (χ1v) is 11.1. The van der Waals surface area contributed by atoms with Crippen LogP contribution in [0.3, 0.4) is 0 Å². The van der Waals surface area contributed by atoms with Gasteiger partial charge in [-0.05, 0) is 35.9 Å². The summed E-state index contributed by atoms with van der Waals surface area (Å²) in [6.07, 6.45) is 4.53. The van der Waals surface area contributed by atoms with Crippen LogP contribution in [-0.4, -0.2) is 47.4 Å². The molecule has 178 valence electrons. The molecule has 8 nitrogen and oxygen atoms in total. The Hall–Kier alpha value is -4.17. The first-order valence-electron chi connectivity index (χ1n) is 11.1. The molecule has 0 fully saturated rings. The standard InChI is InChI=1S/C27H22O8/c1-33-25(30)15-12-10-14(11-13-15)20(21-23(28)16-6-2-4-8-18(16)34-26(21)31)22-24(29)17-7-3-5-9-19(17)35-27(22)32/h2-13,16,18,20,22,27-28,32H,1H3. The van der Waals surface area contributed by atoms with E-state index < -0.39 is 47.9 Å². The van der Waals surface area contributed by atoms with Gasteiger partial charge in [-0.3, -0.25) is 4.79 Å². The van der Waals surface area contributed by atoms with E-state index >= 15 is 0 Å². The van der Waals surface area contributed by atoms with Crippen LogP contribution < -0.4 is 4.74 Å². The van der Waals surface area contributed by atoms with Crippen molar-refractivity contribution in [1.82, 2.24) is 0 Å². The Balaban J connectivity index is 1.67. The predicted octanol–water partition coefficient (Wildman–Crippen LogP) is 3.25. The van der Waals surface area contributed by atoms with Crippen LogP contribution in [0.1, 0.15) is 32.2 Å². The summed E-state index contributed by atoms with van der Waals surface area (Å²) < 4.78 is 16.0. The van der Waals surface area contributed by atoms with Crippen LogP contribution in [0.15, 0.2) is 84.2 Å². The van der Waals surface area contributed by atoms with Crippen LogP contribution in [0.25, 0.3) is 0 Å². The summed E-state index contributed by atoms with van der Waals surface area (Å²) in [5, 5.41) is 22.2. The SMILES string of the molecule is COC(=O)c1ccc(C(C2=C(O)C3C=CC=CC3OC2=O)C2C(=O)c3ccccc3OC2O)cc1. The molecule has 0 amide bonds. The summed E-state index contributed by atoms with van der Waals surface area (Å²) in [6, 6.07) is 12.6. The highest BCUT2D eigenvalue weighted by Gasteiger charge is 2.49. The molecule has 5 rings (SSSR count). The number of aliphatic hydroxyl groups excluding tert-OH is 2. The van der Waals surface area contributed by atoms with Gasteiger partial charge in [0.05, 0.1) is 35.6 Å². The number of rotatable bonds is 4. The molecule has 0 bridgehead atoms. The lowest BCUT2D eigenvalue weighted by Gasteiger charge is -2.38. The van der Waals surface area contributed by atoms with Gasteiger partial charge in [0.1, 0.15) is 17.6 Å². The second-order valence-corrected chi connectivity index (χ2v) is 8.45. The van der Waals surface area contributed by atoms with Gasteiger partial charge >= 0.3 is 11.9 Å². The maximum absolute atomic E-state index is 13.6. The van der Waals surface area contributed by atoms with Crippen molar-refractivity contribution in [2.24, 2.45) is 11.8 Å². The highest BCUT2D eigenvalue weighted by atomic mass is 16.6. The summed E-state index contributed by atoms with van der Waals surface area (Å²) >= 11 is 0. The number of carbonyl (C=O) groups excluding carboxylic acids is 3. The smallest absolute Gasteiger partial charge is 0.338 e. The number of benzene rings is 2. The molecule has 2 aromatic carbocycles. The molecule has 2 aromatic rings. The van der Waals surface area contributed by atoms with E-state index in [9.17, 15) is 24.6 Å². The third-order valence-electron chi connectivity index (χ3n) is 6.51. The van der Waals surface area contributed by atoms with E-state index in [1.165, 1.54) is 19.2 Å². The third kappa shape index (κ3) is 3.81. The molecule has 35 heavy (non-hydrogen) atoms. The first-order chi connectivity index (χ1) is 16.9. The van der Waals surface area contributed by atoms with Gasteiger partial charge < -0.3 is 24.4 Å². The van der Waals surface area contributed by atoms with Crippen LogP contribution >= 0.6 is 0 Å². The third-order valence-corrected chi connectivity index (χ3v) is 6.51. The van der Waals surface area contributed by atoms with Gasteiger partial charge in [-0.15, -0.1) is 0 Å². The van der Waals surface area contributed by atoms with Crippen molar-refractivity contribution in [3.05, 3.63) is 101 Å². The number of allylic oxidation sites excluding steroid dienone is 2. The fourth-order valence-electron chi connectivity index (χ4n) is 4.80. The van der Waals surface area contributed by atoms with Crippen LogP contribution in [0.2, 0.25) is 0 Å². The van der Waals surface area contributed by atoms with Gasteiger partial charge in [-0.2, -0.15) is 0 Å². The molecular formula is C27H22O8. The van der Waals surface area contributed by atoms with Crippen molar-refractivity contribution in [3.63, 3.8) is 0 Å². The minimum Gasteiger partial charge on any atom is -0.511 e. The van der Waals surface area contributed by atoms with Crippen LogP contribution in [0.4, 0.5) is 0 Å². The van der Waals surface area contributed by atoms with Crippen molar-refractivity contribution in [2.45, 2.75) is 18.3 Å². The lowest BCUT2D eigenvalue weighted by atomic mass is 9.72. The number of Topliss-reactive ketones (excluding diaryl/α,β-unsaturated/α-hetero) is 1. The average molecular weight is 474 g/mol. The van der Waals surface area contributed by atoms with E-state index in [0.717, 1.165) is 0 Å². The van der Waals surface area contributed by atoms with Crippen molar-refractivity contribution in [1.29, 1.82) is 0 Å². The average Bonchev–Trinajstić information content (AvgIpc) is 2.87. The number of methoxy groups -OCH3 is 1. The molecule has 3 aliphatic rings. The fraction of sp³-hybridized carbons (Fsp3) is 0.222. The molecular weight excluding hydrogens is 452 g/mol. The molecule has 0 aromatic heterocycles. The number of hydrogen-bond donors (Lipinski definition) is 2. The van der Waals surface area contributed by atoms with Crippen molar-refractivity contribution in [3.8, 4) is 5.75 Å². The zero-order chi connectivity index (χ0) is 24.7. The fourth-order valence-corrected chi connectivity index (χ4v) is 4.80. The monoisotopic (exact) mass is 474 g/mol. The summed E-state index contributed by atoms with van der Waals surface area (Å²) in [6.45, 7) is 0. The van der Waals surface area contributed by atoms with Crippen molar-refractivity contribution >= 4 is 17.7 Å². The molecule has 0 saturated heterocycles. The molecule has 2 heterocycles.